The lowest BCUT2D eigenvalue weighted by Crippen LogP contribution is -2.53. The van der Waals surface area contributed by atoms with Gasteiger partial charge in [0.05, 0.1) is 16.9 Å². The third kappa shape index (κ3) is 3.72. The number of anilines is 2. The zero-order valence-electron chi connectivity index (χ0n) is 15.9. The van der Waals surface area contributed by atoms with Crippen LogP contribution in [0.2, 0.25) is 0 Å². The van der Waals surface area contributed by atoms with Crippen LogP contribution in [0.5, 0.6) is 0 Å². The first-order chi connectivity index (χ1) is 13.0. The van der Waals surface area contributed by atoms with Crippen LogP contribution in [-0.2, 0) is 4.74 Å². The van der Waals surface area contributed by atoms with Crippen LogP contribution in [0.15, 0.2) is 23.2 Å². The van der Waals surface area contributed by atoms with Gasteiger partial charge in [-0.1, -0.05) is 0 Å². The fraction of sp³-hybridized carbons (Fsp3) is 0.450. The monoisotopic (exact) mass is 388 g/mol. The van der Waals surface area contributed by atoms with Crippen molar-refractivity contribution >= 4 is 33.5 Å². The molecule has 3 heterocycles. The summed E-state index contributed by atoms with van der Waals surface area (Å²) in [4.78, 5) is 8.55. The Kier molecular flexibility index (Phi) is 5.16. The first kappa shape index (κ1) is 18.4. The van der Waals surface area contributed by atoms with Gasteiger partial charge in [0.15, 0.2) is 0 Å². The second kappa shape index (κ2) is 7.58. The quantitative estimate of drug-likeness (QED) is 0.836. The number of ether oxygens (including phenoxy) is 1. The van der Waals surface area contributed by atoms with E-state index in [4.69, 9.17) is 9.73 Å². The van der Waals surface area contributed by atoms with Crippen molar-refractivity contribution in [3.63, 3.8) is 0 Å². The first-order valence-electron chi connectivity index (χ1n) is 9.29. The van der Waals surface area contributed by atoms with E-state index < -0.39 is 0 Å². The first-order valence-corrected chi connectivity index (χ1v) is 10.1. The Morgan fingerprint density at radius 2 is 2.19 bits per heavy atom. The van der Waals surface area contributed by atoms with Gasteiger partial charge in [-0.2, -0.15) is 0 Å². The molecule has 0 spiro atoms. The van der Waals surface area contributed by atoms with Gasteiger partial charge in [0, 0.05) is 44.3 Å². The third-order valence-corrected chi connectivity index (χ3v) is 6.04. The second-order valence-electron chi connectivity index (χ2n) is 7.16. The molecular weight excluding hydrogens is 363 g/mol. The minimum Gasteiger partial charge on any atom is -0.385 e. The molecule has 7 heteroatoms. The second-order valence-corrected chi connectivity index (χ2v) is 8.41. The number of nitrogens with one attached hydrogen (secondary N) is 2. The predicted molar refractivity (Wildman–Crippen MR) is 110 cm³/mol. The summed E-state index contributed by atoms with van der Waals surface area (Å²) in [6.07, 6.45) is 0.967. The van der Waals surface area contributed by atoms with Crippen molar-refractivity contribution in [3.8, 4) is 0 Å². The van der Waals surface area contributed by atoms with Gasteiger partial charge < -0.3 is 20.3 Å². The van der Waals surface area contributed by atoms with E-state index >= 15 is 0 Å². The molecule has 27 heavy (non-hydrogen) atoms. The van der Waals surface area contributed by atoms with E-state index in [9.17, 15) is 4.39 Å². The Bertz CT molecular complexity index is 879. The van der Waals surface area contributed by atoms with Gasteiger partial charge in [-0.15, -0.1) is 11.3 Å². The van der Waals surface area contributed by atoms with Gasteiger partial charge in [-0.25, -0.2) is 9.38 Å². The maximum absolute atomic E-state index is 14.1. The summed E-state index contributed by atoms with van der Waals surface area (Å²) >= 11 is 1.68. The largest absolute Gasteiger partial charge is 0.385 e. The predicted octanol–water partition coefficient (Wildman–Crippen LogP) is 3.95. The molecule has 1 saturated heterocycles. The number of halogens is 1. The van der Waals surface area contributed by atoms with Gasteiger partial charge in [0.2, 0.25) is 0 Å². The number of rotatable bonds is 3. The van der Waals surface area contributed by atoms with E-state index in [2.05, 4.69) is 28.5 Å². The fourth-order valence-corrected chi connectivity index (χ4v) is 4.56. The number of aryl methyl sites for hydroxylation is 2. The molecule has 2 N–H and O–H groups in total. The number of thiophene rings is 1. The highest BCUT2D eigenvalue weighted by Crippen LogP contribution is 2.40. The normalized spacial score (nSPS) is 19.0. The molecule has 0 unspecified atom stereocenters. The van der Waals surface area contributed by atoms with E-state index in [-0.39, 0.29) is 5.82 Å². The van der Waals surface area contributed by atoms with Crippen LogP contribution < -0.4 is 10.6 Å². The van der Waals surface area contributed by atoms with Gasteiger partial charge in [-0.3, -0.25) is 0 Å². The molecule has 5 nitrogen and oxygen atoms in total. The molecule has 2 aliphatic rings. The van der Waals surface area contributed by atoms with Crippen molar-refractivity contribution in [2.45, 2.75) is 26.3 Å². The van der Waals surface area contributed by atoms with E-state index in [0.29, 0.717) is 11.6 Å². The lowest BCUT2D eigenvalue weighted by molar-refractivity contribution is 0.168. The SMILES string of the molecule is COCC[C@H]1CN(C2=Nc3cc(C)c(F)cc3Nc3sc(C)cc32)CCN1. The topological polar surface area (TPSA) is 48.9 Å². The van der Waals surface area contributed by atoms with Crippen molar-refractivity contribution in [1.82, 2.24) is 10.2 Å². The number of aliphatic imine (C=N–C) groups is 1. The number of nitrogens with zero attached hydrogens (tertiary/aromatic N) is 2. The molecule has 1 aromatic carbocycles. The number of hydrogen-bond donors (Lipinski definition) is 2. The molecule has 0 amide bonds. The number of piperazine rings is 1. The minimum atomic E-state index is -0.212. The number of amidine groups is 1. The Balaban J connectivity index is 1.74. The van der Waals surface area contributed by atoms with Gasteiger partial charge >= 0.3 is 0 Å². The van der Waals surface area contributed by atoms with Gasteiger partial charge in [-0.05, 0) is 44.0 Å². The van der Waals surface area contributed by atoms with Crippen LogP contribution in [0.25, 0.3) is 0 Å². The van der Waals surface area contributed by atoms with Crippen molar-refractivity contribution in [1.29, 1.82) is 0 Å². The van der Waals surface area contributed by atoms with Crippen LogP contribution >= 0.6 is 11.3 Å². The van der Waals surface area contributed by atoms with Gasteiger partial charge in [0.1, 0.15) is 16.7 Å². The molecule has 0 bridgehead atoms. The highest BCUT2D eigenvalue weighted by Gasteiger charge is 2.27. The fourth-order valence-electron chi connectivity index (χ4n) is 3.64. The van der Waals surface area contributed by atoms with Gasteiger partial charge in [0.25, 0.3) is 0 Å². The van der Waals surface area contributed by atoms with Crippen LogP contribution in [0.1, 0.15) is 22.4 Å². The zero-order valence-corrected chi connectivity index (χ0v) is 16.8. The zero-order chi connectivity index (χ0) is 19.0. The lowest BCUT2D eigenvalue weighted by atomic mass is 10.1. The van der Waals surface area contributed by atoms with Crippen LogP contribution in [0.3, 0.4) is 0 Å². The Labute approximate surface area is 163 Å². The van der Waals surface area contributed by atoms with Crippen molar-refractivity contribution in [2.75, 3.05) is 38.7 Å². The van der Waals surface area contributed by atoms with Crippen LogP contribution in [0, 0.1) is 19.7 Å². The van der Waals surface area contributed by atoms with E-state index in [1.54, 1.807) is 31.4 Å². The number of methoxy groups -OCH3 is 1. The number of fused-ring (bicyclic) bond motifs is 2. The van der Waals surface area contributed by atoms with Crippen molar-refractivity contribution in [3.05, 3.63) is 40.0 Å². The van der Waals surface area contributed by atoms with E-state index in [1.165, 1.54) is 4.88 Å². The highest BCUT2D eigenvalue weighted by molar-refractivity contribution is 7.16. The summed E-state index contributed by atoms with van der Waals surface area (Å²) in [5.41, 5.74) is 3.22. The minimum absolute atomic E-state index is 0.212. The highest BCUT2D eigenvalue weighted by atomic mass is 32.1. The Morgan fingerprint density at radius 1 is 1.33 bits per heavy atom. The molecule has 144 valence electrons. The summed E-state index contributed by atoms with van der Waals surface area (Å²) in [6, 6.07) is 5.92. The average Bonchev–Trinajstić information content (AvgIpc) is 2.95. The lowest BCUT2D eigenvalue weighted by Gasteiger charge is -2.35. The molecule has 2 aromatic rings. The van der Waals surface area contributed by atoms with Crippen LogP contribution in [0.4, 0.5) is 20.8 Å². The van der Waals surface area contributed by atoms with Crippen molar-refractivity contribution in [2.24, 2.45) is 4.99 Å². The maximum atomic E-state index is 14.1. The smallest absolute Gasteiger partial charge is 0.139 e. The maximum Gasteiger partial charge on any atom is 0.139 e. The summed E-state index contributed by atoms with van der Waals surface area (Å²) in [6.45, 7) is 7.30. The summed E-state index contributed by atoms with van der Waals surface area (Å²) < 4.78 is 19.4. The van der Waals surface area contributed by atoms with Crippen molar-refractivity contribution < 1.29 is 9.13 Å². The molecule has 1 atom stereocenters. The standard InChI is InChI=1S/C20H25FN4OS/c1-12-8-17-18(10-16(12)21)24-20-15(9-13(2)27-20)19(23-17)25-6-5-22-14(11-25)4-7-26-3/h8-10,14,22,24H,4-7,11H2,1-3H3/t14-/m0/s1. The summed E-state index contributed by atoms with van der Waals surface area (Å²) in [5, 5.41) is 8.00. The summed E-state index contributed by atoms with van der Waals surface area (Å²) in [7, 11) is 1.74. The third-order valence-electron chi connectivity index (χ3n) is 5.07. The van der Waals surface area contributed by atoms with E-state index in [1.807, 2.05) is 6.07 Å². The average molecular weight is 389 g/mol. The molecule has 1 aromatic heterocycles. The Morgan fingerprint density at radius 3 is 3.00 bits per heavy atom. The molecule has 0 saturated carbocycles. The molecule has 4 rings (SSSR count). The molecule has 2 aliphatic heterocycles. The number of hydrogen-bond acceptors (Lipinski definition) is 6. The molecular formula is C20H25FN4OS. The molecule has 0 radical (unpaired) electrons. The molecule has 0 aliphatic carbocycles. The summed E-state index contributed by atoms with van der Waals surface area (Å²) in [5.74, 6) is 0.757. The van der Waals surface area contributed by atoms with E-state index in [0.717, 1.165) is 60.4 Å². The number of benzene rings is 1. The van der Waals surface area contributed by atoms with Crippen LogP contribution in [-0.4, -0.2) is 50.1 Å². The Hall–Kier alpha value is -1.96. The molecule has 1 fully saturated rings.